The Bertz CT molecular complexity index is 297. The SMILES string of the molecule is Clc1cc(CBr)cnc1C1CC1. The average Bonchev–Trinajstić information content (AvgIpc) is 2.87. The lowest BCUT2D eigenvalue weighted by atomic mass is 10.2. The van der Waals surface area contributed by atoms with E-state index >= 15 is 0 Å². The Morgan fingerprint density at radius 3 is 2.83 bits per heavy atom. The van der Waals surface area contributed by atoms with Crippen molar-refractivity contribution in [2.75, 3.05) is 0 Å². The molecule has 1 nitrogen and oxygen atoms in total. The topological polar surface area (TPSA) is 12.9 Å². The summed E-state index contributed by atoms with van der Waals surface area (Å²) in [5.74, 6) is 0.641. The molecular weight excluding hydrogens is 237 g/mol. The molecule has 64 valence electrons. The zero-order chi connectivity index (χ0) is 8.55. The highest BCUT2D eigenvalue weighted by atomic mass is 79.9. The molecule has 1 aliphatic rings. The minimum atomic E-state index is 0.641. The Morgan fingerprint density at radius 1 is 1.58 bits per heavy atom. The molecule has 3 heteroatoms. The number of hydrogen-bond donors (Lipinski definition) is 0. The molecule has 1 fully saturated rings. The summed E-state index contributed by atoms with van der Waals surface area (Å²) in [5, 5.41) is 1.65. The van der Waals surface area contributed by atoms with Crippen LogP contribution in [0.4, 0.5) is 0 Å². The lowest BCUT2D eigenvalue weighted by Gasteiger charge is -2.02. The van der Waals surface area contributed by atoms with Gasteiger partial charge in [0.05, 0.1) is 10.7 Å². The molecule has 0 saturated heterocycles. The number of rotatable bonds is 2. The predicted molar refractivity (Wildman–Crippen MR) is 53.9 cm³/mol. The van der Waals surface area contributed by atoms with E-state index in [0.29, 0.717) is 5.92 Å². The fourth-order valence-corrected chi connectivity index (χ4v) is 1.87. The van der Waals surface area contributed by atoms with Crippen molar-refractivity contribution in [1.29, 1.82) is 0 Å². The van der Waals surface area contributed by atoms with Crippen LogP contribution in [-0.2, 0) is 5.33 Å². The molecule has 0 radical (unpaired) electrons. The molecule has 0 aromatic carbocycles. The summed E-state index contributed by atoms with van der Waals surface area (Å²) in [7, 11) is 0. The third-order valence-electron chi connectivity index (χ3n) is 2.04. The van der Waals surface area contributed by atoms with E-state index in [1.54, 1.807) is 0 Å². The Morgan fingerprint density at radius 2 is 2.33 bits per heavy atom. The van der Waals surface area contributed by atoms with Gasteiger partial charge in [-0.1, -0.05) is 27.5 Å². The van der Waals surface area contributed by atoms with Gasteiger partial charge in [0, 0.05) is 17.4 Å². The van der Waals surface area contributed by atoms with Crippen molar-refractivity contribution in [3.05, 3.63) is 28.5 Å². The van der Waals surface area contributed by atoms with Crippen LogP contribution >= 0.6 is 27.5 Å². The fourth-order valence-electron chi connectivity index (χ4n) is 1.22. The van der Waals surface area contributed by atoms with Crippen LogP contribution in [0.15, 0.2) is 12.3 Å². The zero-order valence-electron chi connectivity index (χ0n) is 6.56. The van der Waals surface area contributed by atoms with Gasteiger partial charge in [-0.25, -0.2) is 0 Å². The maximum Gasteiger partial charge on any atom is 0.0627 e. The number of alkyl halides is 1. The molecule has 2 rings (SSSR count). The third kappa shape index (κ3) is 1.64. The van der Waals surface area contributed by atoms with Crippen molar-refractivity contribution in [3.8, 4) is 0 Å². The van der Waals surface area contributed by atoms with Gasteiger partial charge < -0.3 is 0 Å². The minimum Gasteiger partial charge on any atom is -0.259 e. The molecule has 1 aromatic rings. The molecule has 0 bridgehead atoms. The summed E-state index contributed by atoms with van der Waals surface area (Å²) >= 11 is 9.43. The molecule has 0 amide bonds. The van der Waals surface area contributed by atoms with Crippen molar-refractivity contribution in [2.24, 2.45) is 0 Å². The second-order valence-corrected chi connectivity index (χ2v) is 4.09. The molecule has 1 aliphatic carbocycles. The highest BCUT2D eigenvalue weighted by Gasteiger charge is 2.27. The highest BCUT2D eigenvalue weighted by molar-refractivity contribution is 9.08. The first-order valence-corrected chi connectivity index (χ1v) is 5.51. The molecule has 12 heavy (non-hydrogen) atoms. The van der Waals surface area contributed by atoms with E-state index in [-0.39, 0.29) is 0 Å². The van der Waals surface area contributed by atoms with Gasteiger partial charge >= 0.3 is 0 Å². The van der Waals surface area contributed by atoms with Gasteiger partial charge in [-0.3, -0.25) is 4.98 Å². The lowest BCUT2D eigenvalue weighted by molar-refractivity contribution is 1.01. The standard InChI is InChI=1S/C9H9BrClN/c10-4-6-3-8(11)9(12-5-6)7-1-2-7/h3,5,7H,1-2,4H2. The number of nitrogens with zero attached hydrogens (tertiary/aromatic N) is 1. The smallest absolute Gasteiger partial charge is 0.0627 e. The van der Waals surface area contributed by atoms with Crippen molar-refractivity contribution >= 4 is 27.5 Å². The van der Waals surface area contributed by atoms with E-state index in [0.717, 1.165) is 21.6 Å². The van der Waals surface area contributed by atoms with Crippen molar-refractivity contribution < 1.29 is 0 Å². The maximum absolute atomic E-state index is 6.06. The van der Waals surface area contributed by atoms with Crippen molar-refractivity contribution in [3.63, 3.8) is 0 Å². The molecule has 1 saturated carbocycles. The van der Waals surface area contributed by atoms with Crippen LogP contribution in [0.5, 0.6) is 0 Å². The monoisotopic (exact) mass is 245 g/mol. The Balaban J connectivity index is 2.32. The number of halogens is 2. The van der Waals surface area contributed by atoms with E-state index in [1.807, 2.05) is 12.3 Å². The molecule has 1 aromatic heterocycles. The Hall–Kier alpha value is -0.0800. The summed E-state index contributed by atoms with van der Waals surface area (Å²) in [6.07, 6.45) is 4.40. The highest BCUT2D eigenvalue weighted by Crippen LogP contribution is 2.42. The van der Waals surface area contributed by atoms with Crippen molar-refractivity contribution in [2.45, 2.75) is 24.1 Å². The largest absolute Gasteiger partial charge is 0.259 e. The zero-order valence-corrected chi connectivity index (χ0v) is 8.90. The minimum absolute atomic E-state index is 0.641. The van der Waals surface area contributed by atoms with Crippen LogP contribution in [0.3, 0.4) is 0 Å². The van der Waals surface area contributed by atoms with Crippen LogP contribution in [0.2, 0.25) is 5.02 Å². The summed E-state index contributed by atoms with van der Waals surface area (Å²) < 4.78 is 0. The molecular formula is C9H9BrClN. The molecule has 0 spiro atoms. The van der Waals surface area contributed by atoms with E-state index in [9.17, 15) is 0 Å². The summed E-state index contributed by atoms with van der Waals surface area (Å²) in [4.78, 5) is 4.35. The first kappa shape index (κ1) is 8.52. The molecule has 0 N–H and O–H groups in total. The van der Waals surface area contributed by atoms with Gasteiger partial charge in [0.25, 0.3) is 0 Å². The molecule has 1 heterocycles. The number of aromatic nitrogens is 1. The van der Waals surface area contributed by atoms with E-state index in [1.165, 1.54) is 12.8 Å². The second-order valence-electron chi connectivity index (χ2n) is 3.12. The van der Waals surface area contributed by atoms with E-state index < -0.39 is 0 Å². The quantitative estimate of drug-likeness (QED) is 0.728. The van der Waals surface area contributed by atoms with Gasteiger partial charge in [0.15, 0.2) is 0 Å². The second kappa shape index (κ2) is 3.35. The first-order valence-electron chi connectivity index (χ1n) is 4.01. The first-order chi connectivity index (χ1) is 5.81. The third-order valence-corrected chi connectivity index (χ3v) is 2.99. The van der Waals surface area contributed by atoms with Crippen LogP contribution in [-0.4, -0.2) is 4.98 Å². The molecule has 0 atom stereocenters. The molecule has 0 unspecified atom stereocenters. The van der Waals surface area contributed by atoms with Crippen LogP contribution < -0.4 is 0 Å². The number of pyridine rings is 1. The Labute approximate surface area is 85.3 Å². The predicted octanol–water partition coefficient (Wildman–Crippen LogP) is 3.51. The van der Waals surface area contributed by atoms with Gasteiger partial charge in [0.1, 0.15) is 0 Å². The van der Waals surface area contributed by atoms with Crippen LogP contribution in [0, 0.1) is 0 Å². The van der Waals surface area contributed by atoms with E-state index in [2.05, 4.69) is 20.9 Å². The normalized spacial score (nSPS) is 16.5. The van der Waals surface area contributed by atoms with Crippen molar-refractivity contribution in [1.82, 2.24) is 4.98 Å². The van der Waals surface area contributed by atoms with Gasteiger partial charge in [0.2, 0.25) is 0 Å². The summed E-state index contributed by atoms with van der Waals surface area (Å²) in [6.45, 7) is 0. The van der Waals surface area contributed by atoms with E-state index in [4.69, 9.17) is 11.6 Å². The van der Waals surface area contributed by atoms with Gasteiger partial charge in [-0.2, -0.15) is 0 Å². The average molecular weight is 247 g/mol. The fraction of sp³-hybridized carbons (Fsp3) is 0.444. The van der Waals surface area contributed by atoms with Crippen LogP contribution in [0.25, 0.3) is 0 Å². The maximum atomic E-state index is 6.06. The molecule has 0 aliphatic heterocycles. The lowest BCUT2D eigenvalue weighted by Crippen LogP contribution is -1.89. The van der Waals surface area contributed by atoms with Gasteiger partial charge in [-0.15, -0.1) is 0 Å². The van der Waals surface area contributed by atoms with Crippen LogP contribution in [0.1, 0.15) is 30.0 Å². The number of hydrogen-bond acceptors (Lipinski definition) is 1. The summed E-state index contributed by atoms with van der Waals surface area (Å²) in [5.41, 5.74) is 2.23. The van der Waals surface area contributed by atoms with Gasteiger partial charge in [-0.05, 0) is 24.5 Å². The summed E-state index contributed by atoms with van der Waals surface area (Å²) in [6, 6.07) is 2.00. The Kier molecular flexibility index (Phi) is 2.37.